The molecule has 0 bridgehead atoms. The largest absolute Gasteiger partial charge is 0.388 e. The van der Waals surface area contributed by atoms with E-state index in [0.717, 1.165) is 38.4 Å². The second kappa shape index (κ2) is 6.17. The first-order valence-electron chi connectivity index (χ1n) is 7.37. The number of rotatable bonds is 4. The Balaban J connectivity index is 1.73. The topological polar surface area (TPSA) is 35.5 Å². The fourth-order valence-electron chi connectivity index (χ4n) is 3.31. The van der Waals surface area contributed by atoms with Gasteiger partial charge in [0.2, 0.25) is 0 Å². The van der Waals surface area contributed by atoms with Crippen LogP contribution in [-0.2, 0) is 0 Å². The molecule has 0 atom stereocenters. The van der Waals surface area contributed by atoms with Crippen LogP contribution < -0.4 is 5.32 Å². The first-order chi connectivity index (χ1) is 8.22. The zero-order valence-corrected chi connectivity index (χ0v) is 11.2. The van der Waals surface area contributed by atoms with Gasteiger partial charge in [-0.05, 0) is 57.8 Å². The van der Waals surface area contributed by atoms with Crippen molar-refractivity contribution in [3.8, 4) is 0 Å². The van der Waals surface area contributed by atoms with E-state index >= 15 is 0 Å². The molecular weight excluding hydrogens is 212 g/mol. The van der Waals surface area contributed by atoms with Crippen molar-refractivity contribution in [2.45, 2.75) is 51.0 Å². The molecule has 3 heteroatoms. The lowest BCUT2D eigenvalue weighted by atomic mass is 9.88. The van der Waals surface area contributed by atoms with E-state index in [-0.39, 0.29) is 0 Å². The van der Waals surface area contributed by atoms with Crippen LogP contribution in [0.5, 0.6) is 0 Å². The van der Waals surface area contributed by atoms with Gasteiger partial charge in [-0.2, -0.15) is 0 Å². The zero-order valence-electron chi connectivity index (χ0n) is 11.2. The van der Waals surface area contributed by atoms with Crippen LogP contribution in [0, 0.1) is 5.92 Å². The maximum Gasteiger partial charge on any atom is 0.0798 e. The lowest BCUT2D eigenvalue weighted by Crippen LogP contribution is -2.51. The molecule has 17 heavy (non-hydrogen) atoms. The van der Waals surface area contributed by atoms with Crippen LogP contribution in [0.1, 0.15) is 45.4 Å². The Labute approximate surface area is 106 Å². The van der Waals surface area contributed by atoms with Gasteiger partial charge in [0.25, 0.3) is 0 Å². The molecule has 100 valence electrons. The molecule has 0 saturated carbocycles. The van der Waals surface area contributed by atoms with Gasteiger partial charge in [0.1, 0.15) is 0 Å². The third kappa shape index (κ3) is 3.94. The van der Waals surface area contributed by atoms with Crippen LogP contribution in [0.15, 0.2) is 0 Å². The Morgan fingerprint density at radius 2 is 1.88 bits per heavy atom. The molecule has 0 aromatic heterocycles. The van der Waals surface area contributed by atoms with Crippen molar-refractivity contribution in [2.75, 3.05) is 32.7 Å². The fourth-order valence-corrected chi connectivity index (χ4v) is 3.31. The summed E-state index contributed by atoms with van der Waals surface area (Å²) in [5, 5.41) is 13.8. The monoisotopic (exact) mass is 240 g/mol. The Bertz CT molecular complexity index is 218. The maximum absolute atomic E-state index is 10.5. The highest BCUT2D eigenvalue weighted by molar-refractivity contribution is 4.88. The smallest absolute Gasteiger partial charge is 0.0798 e. The van der Waals surface area contributed by atoms with Gasteiger partial charge in [0, 0.05) is 6.54 Å². The lowest BCUT2D eigenvalue weighted by molar-refractivity contribution is -0.0279. The van der Waals surface area contributed by atoms with Crippen molar-refractivity contribution in [3.05, 3.63) is 0 Å². The second-order valence-electron chi connectivity index (χ2n) is 5.98. The summed E-state index contributed by atoms with van der Waals surface area (Å²) < 4.78 is 0. The predicted octanol–water partition coefficient (Wildman–Crippen LogP) is 1.61. The van der Waals surface area contributed by atoms with Crippen LogP contribution in [0.3, 0.4) is 0 Å². The first kappa shape index (κ1) is 13.3. The highest BCUT2D eigenvalue weighted by Gasteiger charge is 2.32. The van der Waals surface area contributed by atoms with Crippen LogP contribution in [0.4, 0.5) is 0 Å². The van der Waals surface area contributed by atoms with Gasteiger partial charge in [-0.3, -0.25) is 0 Å². The number of likely N-dealkylation sites (tertiary alicyclic amines) is 1. The molecule has 0 amide bonds. The molecule has 2 saturated heterocycles. The van der Waals surface area contributed by atoms with Gasteiger partial charge < -0.3 is 15.3 Å². The van der Waals surface area contributed by atoms with Crippen molar-refractivity contribution in [1.29, 1.82) is 0 Å². The minimum atomic E-state index is -0.414. The molecule has 2 aliphatic heterocycles. The minimum absolute atomic E-state index is 0.414. The van der Waals surface area contributed by atoms with E-state index in [0.29, 0.717) is 0 Å². The van der Waals surface area contributed by atoms with E-state index in [2.05, 4.69) is 17.1 Å². The van der Waals surface area contributed by atoms with Gasteiger partial charge in [-0.25, -0.2) is 0 Å². The van der Waals surface area contributed by atoms with Crippen molar-refractivity contribution in [3.63, 3.8) is 0 Å². The van der Waals surface area contributed by atoms with Gasteiger partial charge in [-0.15, -0.1) is 0 Å². The van der Waals surface area contributed by atoms with Crippen LogP contribution in [-0.4, -0.2) is 48.3 Å². The second-order valence-corrected chi connectivity index (χ2v) is 5.98. The average Bonchev–Trinajstić information content (AvgIpc) is 2.33. The molecule has 2 rings (SSSR count). The lowest BCUT2D eigenvalue weighted by Gasteiger charge is -2.40. The fraction of sp³-hybridized carbons (Fsp3) is 1.00. The van der Waals surface area contributed by atoms with Gasteiger partial charge in [0.05, 0.1) is 5.60 Å². The summed E-state index contributed by atoms with van der Waals surface area (Å²) >= 11 is 0. The van der Waals surface area contributed by atoms with Crippen molar-refractivity contribution >= 4 is 0 Å². The number of aliphatic hydroxyl groups is 1. The molecule has 2 fully saturated rings. The first-order valence-corrected chi connectivity index (χ1v) is 7.37. The Morgan fingerprint density at radius 3 is 2.47 bits per heavy atom. The van der Waals surface area contributed by atoms with E-state index in [1.54, 1.807) is 0 Å². The molecule has 2 heterocycles. The summed E-state index contributed by atoms with van der Waals surface area (Å²) in [5.74, 6) is 0.943. The molecule has 0 unspecified atom stereocenters. The highest BCUT2D eigenvalue weighted by Crippen LogP contribution is 2.25. The summed E-state index contributed by atoms with van der Waals surface area (Å²) in [4.78, 5) is 2.48. The van der Waals surface area contributed by atoms with Crippen molar-refractivity contribution in [1.82, 2.24) is 10.2 Å². The summed E-state index contributed by atoms with van der Waals surface area (Å²) in [6, 6.07) is 0. The number of β-amino-alcohol motifs (C(OH)–C–C–N with tert-alkyl or cyclic N) is 1. The molecule has 2 aliphatic rings. The third-order valence-corrected chi connectivity index (χ3v) is 4.46. The summed E-state index contributed by atoms with van der Waals surface area (Å²) in [7, 11) is 0. The van der Waals surface area contributed by atoms with Gasteiger partial charge in [-0.1, -0.05) is 19.8 Å². The third-order valence-electron chi connectivity index (χ3n) is 4.46. The number of hydrogen-bond donors (Lipinski definition) is 2. The number of piperidine rings is 2. The molecule has 2 N–H and O–H groups in total. The summed E-state index contributed by atoms with van der Waals surface area (Å²) in [5.41, 5.74) is -0.414. The van der Waals surface area contributed by atoms with Crippen molar-refractivity contribution < 1.29 is 5.11 Å². The molecule has 0 spiro atoms. The van der Waals surface area contributed by atoms with Gasteiger partial charge in [0.15, 0.2) is 0 Å². The van der Waals surface area contributed by atoms with E-state index in [4.69, 9.17) is 0 Å². The Morgan fingerprint density at radius 1 is 1.24 bits per heavy atom. The predicted molar refractivity (Wildman–Crippen MR) is 71.1 cm³/mol. The molecule has 0 aromatic carbocycles. The SMILES string of the molecule is CCCC1CCN(CC2(O)CCNCC2)CC1. The van der Waals surface area contributed by atoms with E-state index in [1.165, 1.54) is 38.8 Å². The zero-order chi connectivity index (χ0) is 12.1. The van der Waals surface area contributed by atoms with Crippen LogP contribution in [0.25, 0.3) is 0 Å². The van der Waals surface area contributed by atoms with Gasteiger partial charge >= 0.3 is 0 Å². The average molecular weight is 240 g/mol. The summed E-state index contributed by atoms with van der Waals surface area (Å²) in [6.45, 7) is 7.52. The standard InChI is InChI=1S/C14H28N2O/c1-2-3-13-4-10-16(11-5-13)12-14(17)6-8-15-9-7-14/h13,15,17H,2-12H2,1H3. The molecule has 0 aliphatic carbocycles. The summed E-state index contributed by atoms with van der Waals surface area (Å²) in [6.07, 6.45) is 7.22. The van der Waals surface area contributed by atoms with Crippen LogP contribution >= 0.6 is 0 Å². The van der Waals surface area contributed by atoms with Crippen LogP contribution in [0.2, 0.25) is 0 Å². The Hall–Kier alpha value is -0.120. The highest BCUT2D eigenvalue weighted by atomic mass is 16.3. The quantitative estimate of drug-likeness (QED) is 0.784. The maximum atomic E-state index is 10.5. The molecular formula is C14H28N2O. The van der Waals surface area contributed by atoms with Crippen molar-refractivity contribution in [2.24, 2.45) is 5.92 Å². The Kier molecular flexibility index (Phi) is 4.83. The normalized spacial score (nSPS) is 27.2. The van der Waals surface area contributed by atoms with E-state index < -0.39 is 5.60 Å². The van der Waals surface area contributed by atoms with E-state index in [9.17, 15) is 5.11 Å². The number of nitrogens with zero attached hydrogens (tertiary/aromatic N) is 1. The number of hydrogen-bond acceptors (Lipinski definition) is 3. The molecule has 3 nitrogen and oxygen atoms in total. The number of nitrogens with one attached hydrogen (secondary N) is 1. The minimum Gasteiger partial charge on any atom is -0.388 e. The molecule has 0 aromatic rings. The van der Waals surface area contributed by atoms with E-state index in [1.807, 2.05) is 0 Å². The molecule has 0 radical (unpaired) electrons.